The smallest absolute Gasteiger partial charge is 0.247 e. The highest BCUT2D eigenvalue weighted by Gasteiger charge is 2.36. The molecule has 1 fully saturated rings. The number of benzene rings is 2. The van der Waals surface area contributed by atoms with Crippen molar-refractivity contribution in [1.82, 2.24) is 9.62 Å². The van der Waals surface area contributed by atoms with E-state index in [1.165, 1.54) is 23.9 Å². The van der Waals surface area contributed by atoms with Gasteiger partial charge in [-0.15, -0.1) is 11.8 Å². The van der Waals surface area contributed by atoms with Crippen molar-refractivity contribution in [3.8, 4) is 0 Å². The number of amides is 2. The van der Waals surface area contributed by atoms with Gasteiger partial charge in [0.05, 0.1) is 10.6 Å². The molecular weight excluding hydrogens is 434 g/mol. The molecule has 2 aliphatic rings. The molecule has 0 unspecified atom stereocenters. The van der Waals surface area contributed by atoms with Gasteiger partial charge in [-0.25, -0.2) is 13.1 Å². The van der Waals surface area contributed by atoms with E-state index >= 15 is 0 Å². The quantitative estimate of drug-likeness (QED) is 0.671. The number of carbonyl (C=O) groups is 2. The first-order valence-corrected chi connectivity index (χ1v) is 12.7. The predicted molar refractivity (Wildman–Crippen MR) is 120 cm³/mol. The van der Waals surface area contributed by atoms with Crippen LogP contribution in [0.2, 0.25) is 0 Å². The summed E-state index contributed by atoms with van der Waals surface area (Å²) in [6, 6.07) is 13.8. The number of sulfonamides is 1. The molecule has 31 heavy (non-hydrogen) atoms. The first-order valence-electron chi connectivity index (χ1n) is 10.4. The minimum Gasteiger partial charge on any atom is -0.341 e. The molecule has 2 N–H and O–H groups in total. The van der Waals surface area contributed by atoms with Gasteiger partial charge >= 0.3 is 0 Å². The van der Waals surface area contributed by atoms with Gasteiger partial charge in [0, 0.05) is 24.5 Å². The summed E-state index contributed by atoms with van der Waals surface area (Å²) in [5, 5.41) is 1.89. The lowest BCUT2D eigenvalue weighted by Gasteiger charge is -2.28. The van der Waals surface area contributed by atoms with E-state index in [9.17, 15) is 18.0 Å². The van der Waals surface area contributed by atoms with E-state index in [4.69, 9.17) is 0 Å². The Labute approximate surface area is 186 Å². The summed E-state index contributed by atoms with van der Waals surface area (Å²) in [6.45, 7) is 1.54. The number of thioether (sulfide) groups is 1. The fourth-order valence-electron chi connectivity index (χ4n) is 3.73. The van der Waals surface area contributed by atoms with Crippen LogP contribution >= 0.6 is 11.8 Å². The third-order valence-electron chi connectivity index (χ3n) is 5.45. The molecule has 1 atom stereocenters. The van der Waals surface area contributed by atoms with Crippen molar-refractivity contribution >= 4 is 39.3 Å². The Kier molecular flexibility index (Phi) is 6.64. The Morgan fingerprint density at radius 2 is 1.77 bits per heavy atom. The lowest BCUT2D eigenvalue weighted by Crippen LogP contribution is -2.45. The standard InChI is InChI=1S/C22H25N3O4S2/c26-21-20(22(27)25-12-6-1-2-7-13-25)30-19-11-10-17(14-18(19)24-21)31(28,29)23-15-16-8-4-3-5-9-16/h3-5,8-11,14,20,23H,1-2,6-7,12-13,15H2,(H,24,26)/t20-/m0/s1. The Bertz CT molecular complexity index is 1070. The van der Waals surface area contributed by atoms with Crippen molar-refractivity contribution in [3.05, 3.63) is 54.1 Å². The molecule has 2 heterocycles. The van der Waals surface area contributed by atoms with E-state index in [2.05, 4.69) is 10.0 Å². The second-order valence-electron chi connectivity index (χ2n) is 7.69. The molecular formula is C22H25N3O4S2. The highest BCUT2D eigenvalue weighted by atomic mass is 32.2. The van der Waals surface area contributed by atoms with Gasteiger partial charge < -0.3 is 10.2 Å². The maximum Gasteiger partial charge on any atom is 0.247 e. The Morgan fingerprint density at radius 1 is 1.06 bits per heavy atom. The van der Waals surface area contributed by atoms with Gasteiger partial charge in [0.15, 0.2) is 5.25 Å². The number of hydrogen-bond donors (Lipinski definition) is 2. The van der Waals surface area contributed by atoms with Crippen LogP contribution in [0, 0.1) is 0 Å². The molecule has 0 radical (unpaired) electrons. The molecule has 0 saturated carbocycles. The first-order chi connectivity index (χ1) is 14.9. The van der Waals surface area contributed by atoms with Crippen LogP contribution in [-0.2, 0) is 26.2 Å². The van der Waals surface area contributed by atoms with Crippen LogP contribution < -0.4 is 10.0 Å². The zero-order chi connectivity index (χ0) is 21.8. The number of hydrogen-bond acceptors (Lipinski definition) is 5. The van der Waals surface area contributed by atoms with Crippen LogP contribution in [0.3, 0.4) is 0 Å². The number of rotatable bonds is 5. The van der Waals surface area contributed by atoms with E-state index in [0.717, 1.165) is 31.2 Å². The highest BCUT2D eigenvalue weighted by Crippen LogP contribution is 2.38. The summed E-state index contributed by atoms with van der Waals surface area (Å²) in [4.78, 5) is 28.1. The van der Waals surface area contributed by atoms with Gasteiger partial charge in [0.1, 0.15) is 0 Å². The number of nitrogens with zero attached hydrogens (tertiary/aromatic N) is 1. The summed E-state index contributed by atoms with van der Waals surface area (Å²) < 4.78 is 28.0. The Balaban J connectivity index is 1.48. The molecule has 164 valence electrons. The Hall–Kier alpha value is -2.36. The van der Waals surface area contributed by atoms with Crippen LogP contribution in [0.25, 0.3) is 0 Å². The fraction of sp³-hybridized carbons (Fsp3) is 0.364. The van der Waals surface area contributed by atoms with Gasteiger partial charge in [0.2, 0.25) is 21.8 Å². The second-order valence-corrected chi connectivity index (χ2v) is 10.6. The predicted octanol–water partition coefficient (Wildman–Crippen LogP) is 2.98. The van der Waals surface area contributed by atoms with Gasteiger partial charge in [-0.1, -0.05) is 43.2 Å². The molecule has 7 nitrogen and oxygen atoms in total. The molecule has 0 aliphatic carbocycles. The average molecular weight is 460 g/mol. The fourth-order valence-corrected chi connectivity index (χ4v) is 5.83. The third kappa shape index (κ3) is 5.11. The van der Waals surface area contributed by atoms with E-state index in [0.29, 0.717) is 23.7 Å². The maximum absolute atomic E-state index is 12.9. The van der Waals surface area contributed by atoms with Crippen molar-refractivity contribution in [1.29, 1.82) is 0 Å². The van der Waals surface area contributed by atoms with Crippen molar-refractivity contribution in [2.45, 2.75) is 47.3 Å². The zero-order valence-electron chi connectivity index (χ0n) is 17.0. The van der Waals surface area contributed by atoms with E-state index in [-0.39, 0.29) is 17.3 Å². The molecule has 2 amide bonds. The lowest BCUT2D eigenvalue weighted by atomic mass is 10.2. The number of likely N-dealkylation sites (tertiary alicyclic amines) is 1. The molecule has 1 saturated heterocycles. The van der Waals surface area contributed by atoms with Crippen molar-refractivity contribution in [2.75, 3.05) is 18.4 Å². The number of anilines is 1. The summed E-state index contributed by atoms with van der Waals surface area (Å²) >= 11 is 1.18. The molecule has 0 spiro atoms. The number of carbonyl (C=O) groups excluding carboxylic acids is 2. The minimum atomic E-state index is -3.75. The monoisotopic (exact) mass is 459 g/mol. The second kappa shape index (κ2) is 9.42. The summed E-state index contributed by atoms with van der Waals surface area (Å²) in [6.07, 6.45) is 4.12. The van der Waals surface area contributed by atoms with Crippen molar-refractivity contribution in [3.63, 3.8) is 0 Å². The van der Waals surface area contributed by atoms with Crippen molar-refractivity contribution < 1.29 is 18.0 Å². The van der Waals surface area contributed by atoms with E-state index < -0.39 is 21.2 Å². The number of fused-ring (bicyclic) bond motifs is 1. The summed E-state index contributed by atoms with van der Waals surface area (Å²) in [5.74, 6) is -0.574. The molecule has 4 rings (SSSR count). The zero-order valence-corrected chi connectivity index (χ0v) is 18.7. The van der Waals surface area contributed by atoms with Crippen LogP contribution in [-0.4, -0.2) is 43.5 Å². The largest absolute Gasteiger partial charge is 0.341 e. The van der Waals surface area contributed by atoms with Gasteiger partial charge in [-0.05, 0) is 36.6 Å². The van der Waals surface area contributed by atoms with E-state index in [1.54, 1.807) is 11.0 Å². The van der Waals surface area contributed by atoms with Crippen molar-refractivity contribution in [2.24, 2.45) is 0 Å². The average Bonchev–Trinajstić information content (AvgIpc) is 3.07. The van der Waals surface area contributed by atoms with Crippen LogP contribution in [0.4, 0.5) is 5.69 Å². The molecule has 0 aromatic heterocycles. The molecule has 9 heteroatoms. The number of nitrogens with one attached hydrogen (secondary N) is 2. The van der Waals surface area contributed by atoms with Gasteiger partial charge in [-0.2, -0.15) is 0 Å². The lowest BCUT2D eigenvalue weighted by molar-refractivity contribution is -0.133. The molecule has 2 aromatic carbocycles. The van der Waals surface area contributed by atoms with Crippen LogP contribution in [0.5, 0.6) is 0 Å². The minimum absolute atomic E-state index is 0.0698. The topological polar surface area (TPSA) is 95.6 Å². The summed E-state index contributed by atoms with van der Waals surface area (Å²) in [7, 11) is -3.75. The first kappa shape index (κ1) is 21.9. The normalized spacial score (nSPS) is 19.3. The van der Waals surface area contributed by atoms with Gasteiger partial charge in [-0.3, -0.25) is 9.59 Å². The highest BCUT2D eigenvalue weighted by molar-refractivity contribution is 8.01. The Morgan fingerprint density at radius 3 is 2.48 bits per heavy atom. The molecule has 0 bridgehead atoms. The SMILES string of the molecule is O=C1Nc2cc(S(=O)(=O)NCc3ccccc3)ccc2S[C@@H]1C(=O)N1CCCCCC1. The van der Waals surface area contributed by atoms with Crippen LogP contribution in [0.15, 0.2) is 58.3 Å². The maximum atomic E-state index is 12.9. The third-order valence-corrected chi connectivity index (χ3v) is 8.11. The van der Waals surface area contributed by atoms with E-state index in [1.807, 2.05) is 30.3 Å². The molecule has 2 aliphatic heterocycles. The van der Waals surface area contributed by atoms with Crippen LogP contribution in [0.1, 0.15) is 31.2 Å². The van der Waals surface area contributed by atoms with Gasteiger partial charge in [0.25, 0.3) is 0 Å². The summed E-state index contributed by atoms with van der Waals surface area (Å²) in [5.41, 5.74) is 1.26. The molecule has 2 aromatic rings.